The van der Waals surface area contributed by atoms with Crippen molar-refractivity contribution < 1.29 is 18.3 Å². The van der Waals surface area contributed by atoms with Crippen LogP contribution >= 0.6 is 11.6 Å². The second-order valence-electron chi connectivity index (χ2n) is 5.90. The van der Waals surface area contributed by atoms with Gasteiger partial charge >= 0.3 is 6.09 Å². The van der Waals surface area contributed by atoms with E-state index in [1.807, 2.05) is 0 Å². The minimum atomic E-state index is -2.74. The van der Waals surface area contributed by atoms with Crippen molar-refractivity contribution in [1.29, 1.82) is 0 Å². The Balaban J connectivity index is 2.92. The Hall–Kier alpha value is -1.40. The number of halogens is 3. The minimum Gasteiger partial charge on any atom is -0.444 e. The van der Waals surface area contributed by atoms with Crippen molar-refractivity contribution >= 4 is 23.4 Å². The van der Waals surface area contributed by atoms with E-state index in [2.05, 4.69) is 5.32 Å². The first-order valence-electron chi connectivity index (χ1n) is 6.30. The van der Waals surface area contributed by atoms with E-state index >= 15 is 0 Å². The van der Waals surface area contributed by atoms with Crippen molar-refractivity contribution in [2.45, 2.75) is 45.3 Å². The lowest BCUT2D eigenvalue weighted by Gasteiger charge is -2.25. The van der Waals surface area contributed by atoms with Gasteiger partial charge < -0.3 is 10.5 Å². The second-order valence-corrected chi connectivity index (χ2v) is 6.31. The Labute approximate surface area is 127 Å². The van der Waals surface area contributed by atoms with Gasteiger partial charge in [0.1, 0.15) is 5.60 Å². The predicted octanol–water partition coefficient (Wildman–Crippen LogP) is 4.13. The molecule has 0 aromatic heterocycles. The zero-order valence-electron chi connectivity index (χ0n) is 12.3. The Morgan fingerprint density at radius 1 is 1.33 bits per heavy atom. The molecule has 1 aromatic carbocycles. The normalized spacial score (nSPS) is 14.7. The molecule has 0 bridgehead atoms. The number of hydrogen-bond acceptors (Lipinski definition) is 3. The number of nitrogens with two attached hydrogens (primary N) is 1. The number of alkyl halides is 2. The third-order valence-corrected chi connectivity index (χ3v) is 2.99. The summed E-state index contributed by atoms with van der Waals surface area (Å²) in [6.45, 7) is 6.38. The van der Waals surface area contributed by atoms with Crippen molar-refractivity contribution in [3.05, 3.63) is 28.8 Å². The van der Waals surface area contributed by atoms with Crippen LogP contribution < -0.4 is 11.1 Å². The lowest BCUT2D eigenvalue weighted by molar-refractivity contribution is 0.0621. The summed E-state index contributed by atoms with van der Waals surface area (Å²) in [5, 5.41) is 2.56. The van der Waals surface area contributed by atoms with Crippen LogP contribution in [0.25, 0.3) is 0 Å². The molecular weight excluding hydrogens is 302 g/mol. The first-order chi connectivity index (χ1) is 9.43. The third kappa shape index (κ3) is 4.82. The summed E-state index contributed by atoms with van der Waals surface area (Å²) in [7, 11) is 0. The van der Waals surface area contributed by atoms with Gasteiger partial charge in [0.15, 0.2) is 0 Å². The van der Waals surface area contributed by atoms with Crippen LogP contribution in [0.15, 0.2) is 18.2 Å². The first kappa shape index (κ1) is 17.7. The standard InChI is InChI=1S/C14H19ClF2N2O2/c1-13(2,3)21-12(20)19-10-6-5-8(7-9(10)15)14(4,18)11(16)17/h5-7,11H,18H2,1-4H3,(H,19,20). The van der Waals surface area contributed by atoms with Crippen LogP contribution in [0.3, 0.4) is 0 Å². The van der Waals surface area contributed by atoms with Gasteiger partial charge in [0.2, 0.25) is 0 Å². The molecule has 0 aliphatic carbocycles. The maximum absolute atomic E-state index is 12.9. The fourth-order valence-corrected chi connectivity index (χ4v) is 1.72. The number of nitrogens with one attached hydrogen (secondary N) is 1. The number of ether oxygens (including phenoxy) is 1. The number of hydrogen-bond donors (Lipinski definition) is 2. The number of anilines is 1. The zero-order valence-corrected chi connectivity index (χ0v) is 13.1. The summed E-state index contributed by atoms with van der Waals surface area (Å²) in [5.74, 6) is 0. The van der Waals surface area contributed by atoms with Crippen molar-refractivity contribution in [3.63, 3.8) is 0 Å². The van der Waals surface area contributed by atoms with Gasteiger partial charge in [0.05, 0.1) is 16.2 Å². The Morgan fingerprint density at radius 2 is 1.90 bits per heavy atom. The van der Waals surface area contributed by atoms with Crippen molar-refractivity contribution in [2.24, 2.45) is 5.73 Å². The molecular formula is C14H19ClF2N2O2. The van der Waals surface area contributed by atoms with E-state index in [4.69, 9.17) is 22.1 Å². The molecule has 0 aliphatic heterocycles. The average molecular weight is 321 g/mol. The average Bonchev–Trinajstić information content (AvgIpc) is 2.28. The largest absolute Gasteiger partial charge is 0.444 e. The van der Waals surface area contributed by atoms with Gasteiger partial charge in [-0.05, 0) is 45.4 Å². The van der Waals surface area contributed by atoms with E-state index in [0.29, 0.717) is 0 Å². The molecule has 0 saturated heterocycles. The van der Waals surface area contributed by atoms with Gasteiger partial charge in [0, 0.05) is 0 Å². The van der Waals surface area contributed by atoms with Crippen LogP contribution in [0.4, 0.5) is 19.3 Å². The van der Waals surface area contributed by atoms with Crippen molar-refractivity contribution in [1.82, 2.24) is 0 Å². The molecule has 118 valence electrons. The SMILES string of the molecule is CC(C)(C)OC(=O)Nc1ccc(C(C)(N)C(F)F)cc1Cl. The maximum Gasteiger partial charge on any atom is 0.412 e. The topological polar surface area (TPSA) is 64.3 Å². The van der Waals surface area contributed by atoms with Crippen molar-refractivity contribution in [2.75, 3.05) is 5.32 Å². The van der Waals surface area contributed by atoms with Crippen LogP contribution in [0.5, 0.6) is 0 Å². The lowest BCUT2D eigenvalue weighted by Crippen LogP contribution is -2.40. The smallest absolute Gasteiger partial charge is 0.412 e. The summed E-state index contributed by atoms with van der Waals surface area (Å²) < 4.78 is 30.8. The molecule has 21 heavy (non-hydrogen) atoms. The van der Waals surface area contributed by atoms with E-state index in [0.717, 1.165) is 0 Å². The van der Waals surface area contributed by atoms with Crippen LogP contribution in [-0.2, 0) is 10.3 Å². The van der Waals surface area contributed by atoms with Gasteiger partial charge in [0.25, 0.3) is 6.43 Å². The molecule has 0 aliphatic rings. The molecule has 1 aromatic rings. The highest BCUT2D eigenvalue weighted by Crippen LogP contribution is 2.31. The van der Waals surface area contributed by atoms with E-state index in [1.54, 1.807) is 20.8 Å². The number of rotatable bonds is 3. The molecule has 3 N–H and O–H groups in total. The summed E-state index contributed by atoms with van der Waals surface area (Å²) in [4.78, 5) is 11.6. The highest BCUT2D eigenvalue weighted by atomic mass is 35.5. The summed E-state index contributed by atoms with van der Waals surface area (Å²) in [5.41, 5.74) is 3.54. The lowest BCUT2D eigenvalue weighted by atomic mass is 9.93. The van der Waals surface area contributed by atoms with E-state index in [-0.39, 0.29) is 16.3 Å². The van der Waals surface area contributed by atoms with Gasteiger partial charge in [-0.2, -0.15) is 0 Å². The Kier molecular flexibility index (Phi) is 5.17. The van der Waals surface area contributed by atoms with Gasteiger partial charge in [-0.15, -0.1) is 0 Å². The van der Waals surface area contributed by atoms with E-state index < -0.39 is 23.7 Å². The first-order valence-corrected chi connectivity index (χ1v) is 6.68. The molecule has 0 radical (unpaired) electrons. The zero-order chi connectivity index (χ0) is 16.4. The number of carbonyl (C=O) groups is 1. The Morgan fingerprint density at radius 3 is 2.33 bits per heavy atom. The molecule has 1 atom stereocenters. The molecule has 0 heterocycles. The number of amides is 1. The Bertz CT molecular complexity index is 528. The van der Waals surface area contributed by atoms with E-state index in [1.165, 1.54) is 25.1 Å². The molecule has 0 fully saturated rings. The van der Waals surface area contributed by atoms with Crippen LogP contribution in [-0.4, -0.2) is 18.1 Å². The summed E-state index contributed by atoms with van der Waals surface area (Å²) >= 11 is 5.98. The minimum absolute atomic E-state index is 0.107. The van der Waals surface area contributed by atoms with Crippen LogP contribution in [0, 0.1) is 0 Å². The highest BCUT2D eigenvalue weighted by molar-refractivity contribution is 6.33. The van der Waals surface area contributed by atoms with Gasteiger partial charge in [-0.25, -0.2) is 13.6 Å². The molecule has 4 nitrogen and oxygen atoms in total. The number of benzene rings is 1. The summed E-state index contributed by atoms with van der Waals surface area (Å²) in [6, 6.07) is 4.11. The number of carbonyl (C=O) groups excluding carboxylic acids is 1. The monoisotopic (exact) mass is 320 g/mol. The fourth-order valence-electron chi connectivity index (χ4n) is 1.49. The third-order valence-electron chi connectivity index (χ3n) is 2.68. The molecule has 1 amide bonds. The van der Waals surface area contributed by atoms with Gasteiger partial charge in [-0.1, -0.05) is 17.7 Å². The second kappa shape index (κ2) is 6.15. The molecule has 1 rings (SSSR count). The molecule has 1 unspecified atom stereocenters. The fraction of sp³-hybridized carbons (Fsp3) is 0.500. The molecule has 7 heteroatoms. The van der Waals surface area contributed by atoms with E-state index in [9.17, 15) is 13.6 Å². The summed E-state index contributed by atoms with van der Waals surface area (Å²) in [6.07, 6.45) is -3.42. The van der Waals surface area contributed by atoms with Gasteiger partial charge in [-0.3, -0.25) is 5.32 Å². The molecule has 0 saturated carbocycles. The molecule has 0 spiro atoms. The predicted molar refractivity (Wildman–Crippen MR) is 78.9 cm³/mol. The quantitative estimate of drug-likeness (QED) is 0.880. The van der Waals surface area contributed by atoms with Crippen LogP contribution in [0.2, 0.25) is 5.02 Å². The maximum atomic E-state index is 12.9. The van der Waals surface area contributed by atoms with Crippen molar-refractivity contribution in [3.8, 4) is 0 Å². The van der Waals surface area contributed by atoms with Crippen LogP contribution in [0.1, 0.15) is 33.3 Å². The highest BCUT2D eigenvalue weighted by Gasteiger charge is 2.32.